The number of non-ortho nitro benzene ring substituents is 1. The predicted molar refractivity (Wildman–Crippen MR) is 119 cm³/mol. The van der Waals surface area contributed by atoms with Crippen molar-refractivity contribution < 1.29 is 36.8 Å². The summed E-state index contributed by atoms with van der Waals surface area (Å²) in [7, 11) is 1.23. The van der Waals surface area contributed by atoms with Crippen LogP contribution in [0.25, 0.3) is 0 Å². The normalized spacial score (nSPS) is 11.3. The van der Waals surface area contributed by atoms with Crippen molar-refractivity contribution >= 4 is 51.0 Å². The number of hydrogen-bond acceptors (Lipinski definition) is 7. The molecule has 0 amide bonds. The monoisotopic (exact) mass is 509 g/mol. The Balaban J connectivity index is 2.26. The van der Waals surface area contributed by atoms with Crippen molar-refractivity contribution in [2.24, 2.45) is 0 Å². The van der Waals surface area contributed by atoms with E-state index in [4.69, 9.17) is 17.0 Å². The molecule has 2 rings (SSSR count). The van der Waals surface area contributed by atoms with Gasteiger partial charge in [-0.15, -0.1) is 11.3 Å². The first-order chi connectivity index (χ1) is 15.4. The van der Waals surface area contributed by atoms with Gasteiger partial charge in [0.2, 0.25) is 0 Å². The summed E-state index contributed by atoms with van der Waals surface area (Å²) in [6.45, 7) is 2.01. The lowest BCUT2D eigenvalue weighted by Crippen LogP contribution is -2.33. The number of anilines is 2. The van der Waals surface area contributed by atoms with E-state index in [1.807, 2.05) is 13.8 Å². The number of methoxy groups -OCH3 is 1. The van der Waals surface area contributed by atoms with Gasteiger partial charge in [-0.1, -0.05) is 6.92 Å². The molecule has 0 spiro atoms. The van der Waals surface area contributed by atoms with E-state index in [-0.39, 0.29) is 10.8 Å². The number of benzene rings is 1. The van der Waals surface area contributed by atoms with Crippen molar-refractivity contribution in [1.82, 2.24) is 0 Å². The zero-order chi connectivity index (χ0) is 24.9. The molecule has 0 radical (unpaired) electrons. The van der Waals surface area contributed by atoms with Crippen molar-refractivity contribution in [3.63, 3.8) is 0 Å². The van der Waals surface area contributed by atoms with Crippen molar-refractivity contribution in [3.05, 3.63) is 44.3 Å². The summed E-state index contributed by atoms with van der Waals surface area (Å²) >= 11 is 6.45. The highest BCUT2D eigenvalue weighted by Gasteiger charge is 2.41. The van der Waals surface area contributed by atoms with Crippen LogP contribution < -0.4 is 15.4 Å². The number of thiophene rings is 1. The number of ether oxygens (including phenoxy) is 2. The molecular formula is C19H19F4N3O5S2. The van der Waals surface area contributed by atoms with Gasteiger partial charge in [0.15, 0.2) is 11.7 Å². The molecule has 2 N–H and O–H groups in total. The van der Waals surface area contributed by atoms with E-state index in [1.54, 1.807) is 0 Å². The van der Waals surface area contributed by atoms with Crippen LogP contribution in [0.1, 0.15) is 27.7 Å². The van der Waals surface area contributed by atoms with E-state index in [1.165, 1.54) is 18.4 Å². The number of carbonyl (C=O) groups excluding carboxylic acids is 1. The summed E-state index contributed by atoms with van der Waals surface area (Å²) in [6.07, 6.45) is -3.40. The fraction of sp³-hybridized carbons (Fsp3) is 0.368. The first-order valence-corrected chi connectivity index (χ1v) is 10.5. The van der Waals surface area contributed by atoms with Crippen LogP contribution in [0.2, 0.25) is 0 Å². The van der Waals surface area contributed by atoms with E-state index in [0.29, 0.717) is 17.0 Å². The Kier molecular flexibility index (Phi) is 8.55. The highest BCUT2D eigenvalue weighted by molar-refractivity contribution is 7.80. The van der Waals surface area contributed by atoms with Gasteiger partial charge < -0.3 is 20.1 Å². The van der Waals surface area contributed by atoms with Gasteiger partial charge in [0, 0.05) is 17.0 Å². The van der Waals surface area contributed by atoms with E-state index < -0.39 is 41.3 Å². The fourth-order valence-electron chi connectivity index (χ4n) is 2.76. The van der Waals surface area contributed by atoms with Gasteiger partial charge in [0.25, 0.3) is 5.69 Å². The lowest BCUT2D eigenvalue weighted by atomic mass is 10.1. The third-order valence-corrected chi connectivity index (χ3v) is 5.56. The molecule has 2 aromatic rings. The first-order valence-electron chi connectivity index (χ1n) is 9.26. The second-order valence-electron chi connectivity index (χ2n) is 6.59. The van der Waals surface area contributed by atoms with Crippen molar-refractivity contribution in [2.45, 2.75) is 32.6 Å². The summed E-state index contributed by atoms with van der Waals surface area (Å²) in [6, 6.07) is 2.94. The van der Waals surface area contributed by atoms with Crippen molar-refractivity contribution in [2.75, 3.05) is 24.4 Å². The molecule has 0 fully saturated rings. The van der Waals surface area contributed by atoms with Gasteiger partial charge in [-0.2, -0.15) is 8.78 Å². The Labute approximate surface area is 195 Å². The van der Waals surface area contributed by atoms with E-state index in [2.05, 4.69) is 15.4 Å². The maximum atomic E-state index is 13.1. The number of hydrogen-bond donors (Lipinski definition) is 2. The topological polar surface area (TPSA) is 103 Å². The molecule has 0 unspecified atom stereocenters. The summed E-state index contributed by atoms with van der Waals surface area (Å²) in [5.41, 5.74) is 0.487. The van der Waals surface area contributed by atoms with Crippen LogP contribution in [-0.4, -0.2) is 42.1 Å². The Morgan fingerprint density at radius 3 is 2.52 bits per heavy atom. The number of rotatable bonds is 9. The molecule has 8 nitrogen and oxygen atoms in total. The van der Waals surface area contributed by atoms with Gasteiger partial charge >= 0.3 is 18.3 Å². The zero-order valence-corrected chi connectivity index (χ0v) is 19.2. The minimum absolute atomic E-state index is 0.0272. The number of nitrogens with one attached hydrogen (secondary N) is 2. The number of thiocarbonyl (C=S) groups is 1. The van der Waals surface area contributed by atoms with Gasteiger partial charge in [0.05, 0.1) is 29.4 Å². The van der Waals surface area contributed by atoms with Gasteiger partial charge in [0.1, 0.15) is 10.8 Å². The molecule has 0 aliphatic heterocycles. The van der Waals surface area contributed by atoms with Gasteiger partial charge in [-0.25, -0.2) is 13.6 Å². The van der Waals surface area contributed by atoms with Crippen molar-refractivity contribution in [3.8, 4) is 5.75 Å². The smallest absolute Gasteiger partial charge is 0.341 e. The van der Waals surface area contributed by atoms with Gasteiger partial charge in [-0.3, -0.25) is 10.1 Å². The molecule has 0 aliphatic rings. The number of carbonyl (C=O) groups is 1. The third-order valence-electron chi connectivity index (χ3n) is 4.29. The highest BCUT2D eigenvalue weighted by atomic mass is 32.1. The molecule has 0 saturated carbocycles. The number of aryl methyl sites for hydroxylation is 1. The zero-order valence-electron chi connectivity index (χ0n) is 17.5. The second-order valence-corrected chi connectivity index (χ2v) is 8.22. The standard InChI is InChI=1S/C19H19F4N3O5S2/c1-4-13-9(2)33-15(14(13)16(27)30-3)25-18(32)24-10-5-11(26(28)29)7-12(6-10)31-8-19(22,23)17(20)21/h5-7,17H,4,8H2,1-3H3,(H2,24,25,32). The third kappa shape index (κ3) is 6.51. The summed E-state index contributed by atoms with van der Waals surface area (Å²) in [5, 5.41) is 16.9. The molecule has 1 heterocycles. The van der Waals surface area contributed by atoms with Crippen LogP contribution in [0.5, 0.6) is 5.75 Å². The Morgan fingerprint density at radius 2 is 1.97 bits per heavy atom. The molecule has 14 heteroatoms. The van der Waals surface area contributed by atoms with E-state index in [0.717, 1.165) is 28.6 Å². The number of halogens is 4. The SMILES string of the molecule is CCc1c(C)sc(NC(=S)Nc2cc(OCC(F)(F)C(F)F)cc([N+](=O)[O-])c2)c1C(=O)OC. The summed E-state index contributed by atoms with van der Waals surface area (Å²) in [5.74, 6) is -5.45. The Hall–Kier alpha value is -3.00. The number of alkyl halides is 4. The lowest BCUT2D eigenvalue weighted by Gasteiger charge is -2.17. The molecule has 0 bridgehead atoms. The Morgan fingerprint density at radius 1 is 1.30 bits per heavy atom. The number of esters is 1. The Bertz CT molecular complexity index is 1060. The van der Waals surface area contributed by atoms with Crippen LogP contribution in [0, 0.1) is 17.0 Å². The van der Waals surface area contributed by atoms with Gasteiger partial charge in [-0.05, 0) is 31.1 Å². The molecule has 1 aromatic heterocycles. The van der Waals surface area contributed by atoms with Crippen LogP contribution in [0.3, 0.4) is 0 Å². The number of nitro benzene ring substituents is 1. The molecular weight excluding hydrogens is 490 g/mol. The number of nitrogens with zero attached hydrogens (tertiary/aromatic N) is 1. The van der Waals surface area contributed by atoms with Crippen LogP contribution in [0.15, 0.2) is 18.2 Å². The predicted octanol–water partition coefficient (Wildman–Crippen LogP) is 5.40. The molecule has 0 atom stereocenters. The fourth-order valence-corrected chi connectivity index (χ4v) is 4.18. The maximum Gasteiger partial charge on any atom is 0.341 e. The largest absolute Gasteiger partial charge is 0.487 e. The average molecular weight is 510 g/mol. The molecule has 1 aromatic carbocycles. The van der Waals surface area contributed by atoms with E-state index in [9.17, 15) is 32.5 Å². The quantitative estimate of drug-likeness (QED) is 0.152. The lowest BCUT2D eigenvalue weighted by molar-refractivity contribution is -0.384. The molecule has 0 aliphatic carbocycles. The maximum absolute atomic E-state index is 13.1. The van der Waals surface area contributed by atoms with Crippen LogP contribution in [-0.2, 0) is 11.2 Å². The van der Waals surface area contributed by atoms with Crippen molar-refractivity contribution in [1.29, 1.82) is 0 Å². The molecule has 33 heavy (non-hydrogen) atoms. The molecule has 180 valence electrons. The second kappa shape index (κ2) is 10.7. The van der Waals surface area contributed by atoms with Crippen LogP contribution in [0.4, 0.5) is 33.9 Å². The first kappa shape index (κ1) is 26.3. The number of nitro groups is 1. The van der Waals surface area contributed by atoms with E-state index >= 15 is 0 Å². The highest BCUT2D eigenvalue weighted by Crippen LogP contribution is 2.34. The summed E-state index contributed by atoms with van der Waals surface area (Å²) in [4.78, 5) is 23.4. The van der Waals surface area contributed by atoms with Crippen LogP contribution >= 0.6 is 23.6 Å². The average Bonchev–Trinajstić information content (AvgIpc) is 3.05. The minimum Gasteiger partial charge on any atom is -0.487 e. The summed E-state index contributed by atoms with van der Waals surface area (Å²) < 4.78 is 60.5. The minimum atomic E-state index is -4.44. The molecule has 0 saturated heterocycles.